The first-order chi connectivity index (χ1) is 6.61. The lowest BCUT2D eigenvalue weighted by atomic mass is 10.1. The van der Waals surface area contributed by atoms with Crippen LogP contribution in [-0.4, -0.2) is 49.6 Å². The highest BCUT2D eigenvalue weighted by atomic mass is 16.2. The van der Waals surface area contributed by atoms with Gasteiger partial charge in [0.2, 0.25) is 5.91 Å². The van der Waals surface area contributed by atoms with Crippen LogP contribution in [0, 0.1) is 0 Å². The van der Waals surface area contributed by atoms with E-state index in [9.17, 15) is 9.59 Å². The van der Waals surface area contributed by atoms with Crippen LogP contribution in [-0.2, 0) is 4.79 Å². The van der Waals surface area contributed by atoms with Crippen LogP contribution in [0.2, 0.25) is 0 Å². The Morgan fingerprint density at radius 1 is 1.50 bits per heavy atom. The predicted molar refractivity (Wildman–Crippen MR) is 51.6 cm³/mol. The molecule has 0 atom stereocenters. The SMILES string of the molecule is CNC(=O)NC(=O)CCN1CC(N)C1. The van der Waals surface area contributed by atoms with E-state index in [0.29, 0.717) is 13.0 Å². The molecule has 0 unspecified atom stereocenters. The molecule has 0 aromatic carbocycles. The normalized spacial score (nSPS) is 17.3. The Morgan fingerprint density at radius 2 is 2.14 bits per heavy atom. The van der Waals surface area contributed by atoms with Crippen molar-refractivity contribution in [3.05, 3.63) is 0 Å². The van der Waals surface area contributed by atoms with Gasteiger partial charge in [0.15, 0.2) is 0 Å². The van der Waals surface area contributed by atoms with Gasteiger partial charge in [0.25, 0.3) is 0 Å². The first-order valence-electron chi connectivity index (χ1n) is 4.61. The molecular formula is C8H16N4O2. The fourth-order valence-electron chi connectivity index (χ4n) is 1.30. The maximum Gasteiger partial charge on any atom is 0.321 e. The number of hydrogen-bond donors (Lipinski definition) is 3. The average Bonchev–Trinajstić information content (AvgIpc) is 2.10. The van der Waals surface area contributed by atoms with Crippen LogP contribution >= 0.6 is 0 Å². The van der Waals surface area contributed by atoms with Gasteiger partial charge in [-0.3, -0.25) is 15.0 Å². The van der Waals surface area contributed by atoms with Gasteiger partial charge in [0, 0.05) is 39.1 Å². The lowest BCUT2D eigenvalue weighted by Gasteiger charge is -2.36. The highest BCUT2D eigenvalue weighted by Gasteiger charge is 2.22. The number of urea groups is 1. The molecule has 0 bridgehead atoms. The zero-order valence-corrected chi connectivity index (χ0v) is 8.25. The third kappa shape index (κ3) is 3.31. The van der Waals surface area contributed by atoms with Crippen molar-refractivity contribution in [2.75, 3.05) is 26.7 Å². The van der Waals surface area contributed by atoms with Crippen molar-refractivity contribution in [1.82, 2.24) is 15.5 Å². The van der Waals surface area contributed by atoms with Crippen molar-refractivity contribution >= 4 is 11.9 Å². The molecule has 1 aliphatic heterocycles. The highest BCUT2D eigenvalue weighted by Crippen LogP contribution is 2.04. The van der Waals surface area contributed by atoms with E-state index in [2.05, 4.69) is 15.5 Å². The number of nitrogens with two attached hydrogens (primary N) is 1. The van der Waals surface area contributed by atoms with Gasteiger partial charge in [-0.1, -0.05) is 0 Å². The number of nitrogens with zero attached hydrogens (tertiary/aromatic N) is 1. The third-order valence-electron chi connectivity index (χ3n) is 2.12. The number of imide groups is 1. The van der Waals surface area contributed by atoms with Gasteiger partial charge in [-0.2, -0.15) is 0 Å². The topological polar surface area (TPSA) is 87.5 Å². The van der Waals surface area contributed by atoms with E-state index >= 15 is 0 Å². The molecule has 1 fully saturated rings. The Morgan fingerprint density at radius 3 is 2.64 bits per heavy atom. The number of carbonyl (C=O) groups is 2. The van der Waals surface area contributed by atoms with E-state index in [1.807, 2.05) is 0 Å². The number of amides is 3. The second-order valence-corrected chi connectivity index (χ2v) is 3.40. The maximum absolute atomic E-state index is 11.1. The van der Waals surface area contributed by atoms with Gasteiger partial charge in [-0.05, 0) is 0 Å². The summed E-state index contributed by atoms with van der Waals surface area (Å²) in [5.74, 6) is -0.259. The Hall–Kier alpha value is -1.14. The first-order valence-corrected chi connectivity index (χ1v) is 4.61. The van der Waals surface area contributed by atoms with Crippen LogP contribution in [0.4, 0.5) is 4.79 Å². The van der Waals surface area contributed by atoms with Crippen molar-refractivity contribution in [2.24, 2.45) is 5.73 Å². The summed E-state index contributed by atoms with van der Waals surface area (Å²) < 4.78 is 0. The van der Waals surface area contributed by atoms with Gasteiger partial charge in [-0.15, -0.1) is 0 Å². The molecular weight excluding hydrogens is 184 g/mol. The molecule has 14 heavy (non-hydrogen) atoms. The van der Waals surface area contributed by atoms with Crippen molar-refractivity contribution in [2.45, 2.75) is 12.5 Å². The molecule has 6 heteroatoms. The van der Waals surface area contributed by atoms with Crippen LogP contribution in [0.25, 0.3) is 0 Å². The van der Waals surface area contributed by atoms with Gasteiger partial charge >= 0.3 is 6.03 Å². The van der Waals surface area contributed by atoms with Gasteiger partial charge in [0.05, 0.1) is 0 Å². The zero-order chi connectivity index (χ0) is 10.6. The summed E-state index contributed by atoms with van der Waals surface area (Å²) in [6.45, 7) is 2.34. The summed E-state index contributed by atoms with van der Waals surface area (Å²) in [7, 11) is 1.47. The quantitative estimate of drug-likeness (QED) is 0.516. The van der Waals surface area contributed by atoms with Gasteiger partial charge in [-0.25, -0.2) is 4.79 Å². The Labute approximate surface area is 82.8 Å². The molecule has 4 N–H and O–H groups in total. The molecule has 1 saturated heterocycles. The smallest absolute Gasteiger partial charge is 0.321 e. The second kappa shape index (κ2) is 4.92. The van der Waals surface area contributed by atoms with E-state index in [1.165, 1.54) is 7.05 Å². The second-order valence-electron chi connectivity index (χ2n) is 3.40. The molecule has 0 aromatic rings. The van der Waals surface area contributed by atoms with Crippen molar-refractivity contribution in [1.29, 1.82) is 0 Å². The minimum Gasteiger partial charge on any atom is -0.341 e. The van der Waals surface area contributed by atoms with Crippen LogP contribution in [0.3, 0.4) is 0 Å². The van der Waals surface area contributed by atoms with E-state index in [1.54, 1.807) is 0 Å². The summed E-state index contributed by atoms with van der Waals surface area (Å²) in [5, 5.41) is 4.51. The molecule has 0 saturated carbocycles. The standard InChI is InChI=1S/C8H16N4O2/c1-10-8(14)11-7(13)2-3-12-4-6(9)5-12/h6H,2-5,9H2,1H3,(H2,10,11,13,14). The summed E-state index contributed by atoms with van der Waals surface area (Å²) in [6.07, 6.45) is 0.333. The average molecular weight is 200 g/mol. The lowest BCUT2D eigenvalue weighted by molar-refractivity contribution is -0.120. The van der Waals surface area contributed by atoms with Crippen LogP contribution in [0.5, 0.6) is 0 Å². The minimum absolute atomic E-state index is 0.247. The predicted octanol–water partition coefficient (Wildman–Crippen LogP) is -1.52. The number of carbonyl (C=O) groups excluding carboxylic acids is 2. The largest absolute Gasteiger partial charge is 0.341 e. The Balaban J connectivity index is 2.06. The highest BCUT2D eigenvalue weighted by molar-refractivity contribution is 5.94. The van der Waals surface area contributed by atoms with Crippen LogP contribution in [0.1, 0.15) is 6.42 Å². The summed E-state index contributed by atoms with van der Waals surface area (Å²) in [4.78, 5) is 23.9. The monoisotopic (exact) mass is 200 g/mol. The van der Waals surface area contributed by atoms with E-state index < -0.39 is 6.03 Å². The molecule has 0 spiro atoms. The third-order valence-corrected chi connectivity index (χ3v) is 2.12. The van der Waals surface area contributed by atoms with Crippen LogP contribution < -0.4 is 16.4 Å². The Bertz CT molecular complexity index is 225. The fourth-order valence-corrected chi connectivity index (χ4v) is 1.30. The fraction of sp³-hybridized carbons (Fsp3) is 0.750. The zero-order valence-electron chi connectivity index (χ0n) is 8.25. The molecule has 80 valence electrons. The van der Waals surface area contributed by atoms with E-state index in [0.717, 1.165) is 13.1 Å². The summed E-state index contributed by atoms with van der Waals surface area (Å²) in [6, 6.07) is -0.215. The molecule has 0 radical (unpaired) electrons. The number of likely N-dealkylation sites (tertiary alicyclic amines) is 1. The van der Waals surface area contributed by atoms with Gasteiger partial charge in [0.1, 0.15) is 0 Å². The molecule has 3 amide bonds. The molecule has 0 aliphatic carbocycles. The number of hydrogen-bond acceptors (Lipinski definition) is 4. The molecule has 1 aliphatic rings. The summed E-state index contributed by atoms with van der Waals surface area (Å²) >= 11 is 0. The van der Waals surface area contributed by atoms with Crippen molar-refractivity contribution < 1.29 is 9.59 Å². The lowest BCUT2D eigenvalue weighted by Crippen LogP contribution is -2.56. The first kappa shape index (κ1) is 10.9. The molecule has 1 heterocycles. The molecule has 0 aromatic heterocycles. The van der Waals surface area contributed by atoms with E-state index in [-0.39, 0.29) is 11.9 Å². The minimum atomic E-state index is -0.463. The van der Waals surface area contributed by atoms with Crippen molar-refractivity contribution in [3.8, 4) is 0 Å². The van der Waals surface area contributed by atoms with Crippen molar-refractivity contribution in [3.63, 3.8) is 0 Å². The van der Waals surface area contributed by atoms with E-state index in [4.69, 9.17) is 5.73 Å². The molecule has 1 rings (SSSR count). The maximum atomic E-state index is 11.1. The summed E-state index contributed by atoms with van der Waals surface area (Å²) in [5.41, 5.74) is 5.57. The number of nitrogens with one attached hydrogen (secondary N) is 2. The molecule has 6 nitrogen and oxygen atoms in total. The van der Waals surface area contributed by atoms with Crippen LogP contribution in [0.15, 0.2) is 0 Å². The van der Waals surface area contributed by atoms with Gasteiger partial charge < -0.3 is 11.1 Å². The number of rotatable bonds is 3. The Kier molecular flexibility index (Phi) is 3.84.